The molecule has 1 heterocycles. The van der Waals surface area contributed by atoms with E-state index in [1.807, 2.05) is 0 Å². The van der Waals surface area contributed by atoms with E-state index in [1.54, 1.807) is 0 Å². The molecule has 100 valence electrons. The number of piperidine rings is 1. The minimum atomic E-state index is 1.19. The molecule has 20 heavy (non-hydrogen) atoms. The molecule has 1 nitrogen and oxygen atoms in total. The molecule has 3 aromatic carbocycles. The SMILES string of the molecule is c1ccc2c(N3CCCCC3)c3ccccc3cc2c1. The van der Waals surface area contributed by atoms with Crippen LogP contribution >= 0.6 is 0 Å². The average molecular weight is 261 g/mol. The summed E-state index contributed by atoms with van der Waals surface area (Å²) in [6.45, 7) is 2.38. The van der Waals surface area contributed by atoms with Gasteiger partial charge in [0.2, 0.25) is 0 Å². The number of anilines is 1. The summed E-state index contributed by atoms with van der Waals surface area (Å²) in [5.74, 6) is 0. The largest absolute Gasteiger partial charge is 0.371 e. The van der Waals surface area contributed by atoms with E-state index in [4.69, 9.17) is 0 Å². The summed E-state index contributed by atoms with van der Waals surface area (Å²) in [4.78, 5) is 2.59. The standard InChI is InChI=1S/C19H19N/c1-6-12-20(13-7-1)19-17-10-4-2-8-15(17)14-16-9-3-5-11-18(16)19/h2-5,8-11,14H,1,6-7,12-13H2. The van der Waals surface area contributed by atoms with Gasteiger partial charge < -0.3 is 4.90 Å². The second-order valence-electron chi connectivity index (χ2n) is 5.72. The molecule has 0 unspecified atom stereocenters. The Morgan fingerprint density at radius 3 is 1.80 bits per heavy atom. The molecule has 0 bridgehead atoms. The molecule has 0 aromatic heterocycles. The smallest absolute Gasteiger partial charge is 0.0525 e. The zero-order valence-electron chi connectivity index (χ0n) is 11.7. The van der Waals surface area contributed by atoms with Gasteiger partial charge in [0.05, 0.1) is 5.69 Å². The maximum Gasteiger partial charge on any atom is 0.0525 e. The van der Waals surface area contributed by atoms with Gasteiger partial charge in [0.15, 0.2) is 0 Å². The Bertz CT molecular complexity index is 700. The Kier molecular flexibility index (Phi) is 2.84. The van der Waals surface area contributed by atoms with E-state index in [0.717, 1.165) is 0 Å². The highest BCUT2D eigenvalue weighted by molar-refractivity contribution is 6.11. The number of benzene rings is 3. The Hall–Kier alpha value is -2.02. The molecule has 0 N–H and O–H groups in total. The van der Waals surface area contributed by atoms with Gasteiger partial charge in [-0.2, -0.15) is 0 Å². The highest BCUT2D eigenvalue weighted by Gasteiger charge is 2.16. The van der Waals surface area contributed by atoms with E-state index < -0.39 is 0 Å². The normalized spacial score (nSPS) is 15.9. The molecule has 3 aromatic rings. The lowest BCUT2D eigenvalue weighted by molar-refractivity contribution is 0.580. The van der Waals surface area contributed by atoms with Crippen molar-refractivity contribution >= 4 is 27.2 Å². The summed E-state index contributed by atoms with van der Waals surface area (Å²) < 4.78 is 0. The molecule has 0 spiro atoms. The number of fused-ring (bicyclic) bond motifs is 2. The first kappa shape index (κ1) is 11.8. The number of rotatable bonds is 1. The van der Waals surface area contributed by atoms with Crippen molar-refractivity contribution in [3.8, 4) is 0 Å². The molecule has 4 rings (SSSR count). The predicted molar refractivity (Wildman–Crippen MR) is 87.5 cm³/mol. The Morgan fingerprint density at radius 2 is 1.20 bits per heavy atom. The quantitative estimate of drug-likeness (QED) is 0.558. The fourth-order valence-electron chi connectivity index (χ4n) is 3.45. The lowest BCUT2D eigenvalue weighted by Crippen LogP contribution is -2.29. The van der Waals surface area contributed by atoms with Gasteiger partial charge in [-0.1, -0.05) is 48.5 Å². The van der Waals surface area contributed by atoms with Crippen molar-refractivity contribution in [2.24, 2.45) is 0 Å². The molecule has 0 atom stereocenters. The van der Waals surface area contributed by atoms with Crippen LogP contribution in [0.15, 0.2) is 54.6 Å². The van der Waals surface area contributed by atoms with Crippen molar-refractivity contribution in [1.82, 2.24) is 0 Å². The maximum absolute atomic E-state index is 2.59. The van der Waals surface area contributed by atoms with Crippen LogP contribution < -0.4 is 4.90 Å². The van der Waals surface area contributed by atoms with E-state index in [9.17, 15) is 0 Å². The number of hydrogen-bond donors (Lipinski definition) is 0. The topological polar surface area (TPSA) is 3.24 Å². The van der Waals surface area contributed by atoms with Crippen LogP contribution in [0.5, 0.6) is 0 Å². The summed E-state index contributed by atoms with van der Waals surface area (Å²) >= 11 is 0. The lowest BCUT2D eigenvalue weighted by Gasteiger charge is -2.31. The van der Waals surface area contributed by atoms with Gasteiger partial charge in [-0.05, 0) is 36.1 Å². The van der Waals surface area contributed by atoms with Gasteiger partial charge in [0.25, 0.3) is 0 Å². The van der Waals surface area contributed by atoms with Crippen molar-refractivity contribution < 1.29 is 0 Å². The van der Waals surface area contributed by atoms with Crippen molar-refractivity contribution in [2.75, 3.05) is 18.0 Å². The Morgan fingerprint density at radius 1 is 0.650 bits per heavy atom. The summed E-state index contributed by atoms with van der Waals surface area (Å²) in [5.41, 5.74) is 1.44. The molecular formula is C19H19N. The van der Waals surface area contributed by atoms with Crippen LogP contribution in [-0.2, 0) is 0 Å². The van der Waals surface area contributed by atoms with Gasteiger partial charge >= 0.3 is 0 Å². The molecule has 1 saturated heterocycles. The zero-order valence-corrected chi connectivity index (χ0v) is 11.7. The van der Waals surface area contributed by atoms with Crippen molar-refractivity contribution in [1.29, 1.82) is 0 Å². The van der Waals surface area contributed by atoms with Crippen LogP contribution in [0.25, 0.3) is 21.5 Å². The van der Waals surface area contributed by atoms with E-state index >= 15 is 0 Å². The molecule has 1 heteroatoms. The molecule has 0 saturated carbocycles. The fourth-order valence-corrected chi connectivity index (χ4v) is 3.45. The first-order valence-corrected chi connectivity index (χ1v) is 7.59. The highest BCUT2D eigenvalue weighted by atomic mass is 15.1. The summed E-state index contributed by atoms with van der Waals surface area (Å²) in [6, 6.07) is 19.9. The van der Waals surface area contributed by atoms with E-state index in [0.29, 0.717) is 0 Å². The van der Waals surface area contributed by atoms with Crippen LogP contribution in [0.1, 0.15) is 19.3 Å². The van der Waals surface area contributed by atoms with Crippen LogP contribution in [0.2, 0.25) is 0 Å². The van der Waals surface area contributed by atoms with Crippen LogP contribution in [0.4, 0.5) is 5.69 Å². The first-order chi connectivity index (χ1) is 9.93. The molecule has 1 aliphatic rings. The first-order valence-electron chi connectivity index (χ1n) is 7.59. The molecule has 0 aliphatic carbocycles. The summed E-state index contributed by atoms with van der Waals surface area (Å²) in [5, 5.41) is 5.50. The van der Waals surface area contributed by atoms with E-state index in [2.05, 4.69) is 59.5 Å². The minimum Gasteiger partial charge on any atom is -0.371 e. The second kappa shape index (κ2) is 4.82. The predicted octanol–water partition coefficient (Wildman–Crippen LogP) is 4.98. The lowest BCUT2D eigenvalue weighted by atomic mass is 9.98. The Balaban J connectivity index is 2.06. The Labute approximate surface area is 119 Å². The van der Waals surface area contributed by atoms with Crippen molar-refractivity contribution in [2.45, 2.75) is 19.3 Å². The van der Waals surface area contributed by atoms with Crippen LogP contribution in [-0.4, -0.2) is 13.1 Å². The zero-order chi connectivity index (χ0) is 13.4. The second-order valence-corrected chi connectivity index (χ2v) is 5.72. The van der Waals surface area contributed by atoms with Crippen LogP contribution in [0, 0.1) is 0 Å². The van der Waals surface area contributed by atoms with E-state index in [-0.39, 0.29) is 0 Å². The van der Waals surface area contributed by atoms with Gasteiger partial charge in [0, 0.05) is 23.9 Å². The van der Waals surface area contributed by atoms with Gasteiger partial charge in [-0.25, -0.2) is 0 Å². The number of nitrogens with zero attached hydrogens (tertiary/aromatic N) is 1. The van der Waals surface area contributed by atoms with Crippen LogP contribution in [0.3, 0.4) is 0 Å². The molecule has 1 aliphatic heterocycles. The van der Waals surface area contributed by atoms with E-state index in [1.165, 1.54) is 59.6 Å². The number of hydrogen-bond acceptors (Lipinski definition) is 1. The third kappa shape index (κ3) is 1.85. The monoisotopic (exact) mass is 261 g/mol. The molecular weight excluding hydrogens is 242 g/mol. The third-order valence-corrected chi connectivity index (χ3v) is 4.42. The third-order valence-electron chi connectivity index (χ3n) is 4.42. The molecule has 0 radical (unpaired) electrons. The van der Waals surface area contributed by atoms with Gasteiger partial charge in [-0.3, -0.25) is 0 Å². The van der Waals surface area contributed by atoms with Crippen molar-refractivity contribution in [3.05, 3.63) is 54.6 Å². The molecule has 0 amide bonds. The summed E-state index contributed by atoms with van der Waals surface area (Å²) in [6.07, 6.45) is 4.01. The van der Waals surface area contributed by atoms with Gasteiger partial charge in [-0.15, -0.1) is 0 Å². The maximum atomic E-state index is 2.59. The van der Waals surface area contributed by atoms with Gasteiger partial charge in [0.1, 0.15) is 0 Å². The fraction of sp³-hybridized carbons (Fsp3) is 0.263. The molecule has 1 fully saturated rings. The average Bonchev–Trinajstić information content (AvgIpc) is 2.53. The van der Waals surface area contributed by atoms with Crippen molar-refractivity contribution in [3.63, 3.8) is 0 Å². The summed E-state index contributed by atoms with van der Waals surface area (Å²) in [7, 11) is 0. The highest BCUT2D eigenvalue weighted by Crippen LogP contribution is 2.36. The minimum absolute atomic E-state index is 1.19.